The molecule has 3 nitrogen and oxygen atoms in total. The quantitative estimate of drug-likeness (QED) is 0.630. The Kier molecular flexibility index (Phi) is 3.90. The zero-order valence-electron chi connectivity index (χ0n) is 10.8. The summed E-state index contributed by atoms with van der Waals surface area (Å²) in [4.78, 5) is 11.3. The van der Waals surface area contributed by atoms with E-state index in [0.717, 1.165) is 22.0 Å². The summed E-state index contributed by atoms with van der Waals surface area (Å²) in [7, 11) is 0. The van der Waals surface area contributed by atoms with Gasteiger partial charge in [-0.15, -0.1) is 0 Å². The minimum atomic E-state index is 0.499. The van der Waals surface area contributed by atoms with Gasteiger partial charge >= 0.3 is 0 Å². The Morgan fingerprint density at radius 3 is 2.52 bits per heavy atom. The maximum Gasteiger partial charge on any atom is 0.153 e. The molecule has 3 rings (SSSR count). The SMILES string of the molecule is O=Cc1cn(-c2ccccc2Br)nc1-c1ccccc1Cl. The number of carbonyl (C=O) groups excluding carboxylic acids is 1. The third-order valence-electron chi connectivity index (χ3n) is 3.10. The highest BCUT2D eigenvalue weighted by molar-refractivity contribution is 9.10. The molecule has 0 N–H and O–H groups in total. The number of carbonyl (C=O) groups is 1. The summed E-state index contributed by atoms with van der Waals surface area (Å²) < 4.78 is 2.57. The van der Waals surface area contributed by atoms with Gasteiger partial charge in [-0.2, -0.15) is 5.10 Å². The normalized spacial score (nSPS) is 10.6. The smallest absolute Gasteiger partial charge is 0.153 e. The maximum absolute atomic E-state index is 11.3. The number of rotatable bonds is 3. The third kappa shape index (κ3) is 2.64. The van der Waals surface area contributed by atoms with Crippen molar-refractivity contribution >= 4 is 33.8 Å². The molecule has 0 aliphatic rings. The lowest BCUT2D eigenvalue weighted by Gasteiger charge is -2.04. The molecule has 0 atom stereocenters. The second-order valence-corrected chi connectivity index (χ2v) is 5.69. The number of nitrogens with zero attached hydrogens (tertiary/aromatic N) is 2. The van der Waals surface area contributed by atoms with Gasteiger partial charge in [0.05, 0.1) is 16.3 Å². The van der Waals surface area contributed by atoms with Crippen molar-refractivity contribution in [1.82, 2.24) is 9.78 Å². The van der Waals surface area contributed by atoms with Crippen molar-refractivity contribution in [2.75, 3.05) is 0 Å². The first-order chi connectivity index (χ1) is 10.2. The van der Waals surface area contributed by atoms with Crippen molar-refractivity contribution in [1.29, 1.82) is 0 Å². The van der Waals surface area contributed by atoms with Crippen molar-refractivity contribution in [3.05, 3.63) is 69.8 Å². The fourth-order valence-corrected chi connectivity index (χ4v) is 2.79. The first-order valence-electron chi connectivity index (χ1n) is 6.25. The summed E-state index contributed by atoms with van der Waals surface area (Å²) in [6.07, 6.45) is 2.49. The van der Waals surface area contributed by atoms with Gasteiger partial charge in [-0.25, -0.2) is 4.68 Å². The largest absolute Gasteiger partial charge is 0.298 e. The number of para-hydroxylation sites is 1. The Bertz CT molecular complexity index is 814. The van der Waals surface area contributed by atoms with Crippen molar-refractivity contribution in [2.24, 2.45) is 0 Å². The molecule has 2 aromatic carbocycles. The van der Waals surface area contributed by atoms with Gasteiger partial charge in [-0.3, -0.25) is 4.79 Å². The molecule has 1 aromatic heterocycles. The Morgan fingerprint density at radius 2 is 1.81 bits per heavy atom. The van der Waals surface area contributed by atoms with Crippen LogP contribution in [0.1, 0.15) is 10.4 Å². The van der Waals surface area contributed by atoms with E-state index in [-0.39, 0.29) is 0 Å². The van der Waals surface area contributed by atoms with Crippen LogP contribution in [0.5, 0.6) is 0 Å². The number of aromatic nitrogens is 2. The Balaban J connectivity index is 2.18. The van der Waals surface area contributed by atoms with Crippen LogP contribution >= 0.6 is 27.5 Å². The van der Waals surface area contributed by atoms with E-state index in [0.29, 0.717) is 16.3 Å². The topological polar surface area (TPSA) is 34.9 Å². The zero-order valence-corrected chi connectivity index (χ0v) is 13.2. The lowest BCUT2D eigenvalue weighted by atomic mass is 10.1. The Hall–Kier alpha value is -1.91. The van der Waals surface area contributed by atoms with E-state index in [9.17, 15) is 4.79 Å². The molecular formula is C16H10BrClN2O. The molecule has 104 valence electrons. The number of aldehydes is 1. The van der Waals surface area contributed by atoms with Crippen LogP contribution in [0.25, 0.3) is 16.9 Å². The zero-order chi connectivity index (χ0) is 14.8. The first-order valence-corrected chi connectivity index (χ1v) is 7.42. The monoisotopic (exact) mass is 360 g/mol. The summed E-state index contributed by atoms with van der Waals surface area (Å²) in [6.45, 7) is 0. The molecular weight excluding hydrogens is 352 g/mol. The van der Waals surface area contributed by atoms with Crippen LogP contribution in [-0.4, -0.2) is 16.1 Å². The molecule has 1 heterocycles. The highest BCUT2D eigenvalue weighted by Gasteiger charge is 2.14. The van der Waals surface area contributed by atoms with Crippen molar-refractivity contribution in [3.63, 3.8) is 0 Å². The summed E-state index contributed by atoms with van der Waals surface area (Å²) in [6, 6.07) is 15.0. The van der Waals surface area contributed by atoms with E-state index in [2.05, 4.69) is 21.0 Å². The average molecular weight is 362 g/mol. The molecule has 0 spiro atoms. The molecule has 5 heteroatoms. The standard InChI is InChI=1S/C16H10BrClN2O/c17-13-6-2-4-8-15(13)20-9-11(10-21)16(19-20)12-5-1-3-7-14(12)18/h1-10H. The van der Waals surface area contributed by atoms with E-state index >= 15 is 0 Å². The molecule has 0 aliphatic heterocycles. The molecule has 0 unspecified atom stereocenters. The van der Waals surface area contributed by atoms with E-state index in [1.54, 1.807) is 16.9 Å². The van der Waals surface area contributed by atoms with E-state index in [1.165, 1.54) is 0 Å². The van der Waals surface area contributed by atoms with E-state index < -0.39 is 0 Å². The molecule has 0 fully saturated rings. The fraction of sp³-hybridized carbons (Fsp3) is 0. The van der Waals surface area contributed by atoms with Gasteiger partial charge in [0, 0.05) is 16.2 Å². The van der Waals surface area contributed by atoms with E-state index in [4.69, 9.17) is 11.6 Å². The van der Waals surface area contributed by atoms with Crippen LogP contribution in [0, 0.1) is 0 Å². The maximum atomic E-state index is 11.3. The van der Waals surface area contributed by atoms with Crippen LogP contribution in [0.15, 0.2) is 59.2 Å². The molecule has 3 aromatic rings. The number of hydrogen-bond acceptors (Lipinski definition) is 2. The number of halogens is 2. The first kappa shape index (κ1) is 14.0. The van der Waals surface area contributed by atoms with Gasteiger partial charge in [-0.05, 0) is 34.1 Å². The Labute approximate surface area is 135 Å². The van der Waals surface area contributed by atoms with E-state index in [1.807, 2.05) is 42.5 Å². The average Bonchev–Trinajstić information content (AvgIpc) is 2.92. The highest BCUT2D eigenvalue weighted by Crippen LogP contribution is 2.30. The molecule has 0 saturated carbocycles. The second kappa shape index (κ2) is 5.84. The predicted octanol–water partition coefficient (Wildman–Crippen LogP) is 4.77. The highest BCUT2D eigenvalue weighted by atomic mass is 79.9. The van der Waals surface area contributed by atoms with Crippen LogP contribution in [0.4, 0.5) is 0 Å². The summed E-state index contributed by atoms with van der Waals surface area (Å²) in [5.74, 6) is 0. The molecule has 0 saturated heterocycles. The second-order valence-electron chi connectivity index (χ2n) is 4.43. The molecule has 0 radical (unpaired) electrons. The summed E-state index contributed by atoms with van der Waals surface area (Å²) in [5, 5.41) is 5.08. The summed E-state index contributed by atoms with van der Waals surface area (Å²) >= 11 is 9.68. The third-order valence-corrected chi connectivity index (χ3v) is 4.10. The summed E-state index contributed by atoms with van der Waals surface area (Å²) in [5.41, 5.74) is 2.68. The van der Waals surface area contributed by atoms with Gasteiger partial charge in [0.25, 0.3) is 0 Å². The van der Waals surface area contributed by atoms with Crippen LogP contribution in [0.2, 0.25) is 5.02 Å². The van der Waals surface area contributed by atoms with Gasteiger partial charge in [0.15, 0.2) is 6.29 Å². The minimum Gasteiger partial charge on any atom is -0.298 e. The van der Waals surface area contributed by atoms with Crippen LogP contribution in [-0.2, 0) is 0 Å². The lowest BCUT2D eigenvalue weighted by Crippen LogP contribution is -1.95. The van der Waals surface area contributed by atoms with Crippen LogP contribution < -0.4 is 0 Å². The molecule has 0 bridgehead atoms. The number of hydrogen-bond donors (Lipinski definition) is 0. The van der Waals surface area contributed by atoms with Crippen LogP contribution in [0.3, 0.4) is 0 Å². The van der Waals surface area contributed by atoms with Gasteiger partial charge in [0.2, 0.25) is 0 Å². The van der Waals surface area contributed by atoms with Crippen molar-refractivity contribution in [3.8, 4) is 16.9 Å². The van der Waals surface area contributed by atoms with Crippen molar-refractivity contribution < 1.29 is 4.79 Å². The number of benzene rings is 2. The molecule has 0 amide bonds. The van der Waals surface area contributed by atoms with Gasteiger partial charge in [0.1, 0.15) is 5.69 Å². The Morgan fingerprint density at radius 1 is 1.10 bits per heavy atom. The lowest BCUT2D eigenvalue weighted by molar-refractivity contribution is 0.112. The molecule has 21 heavy (non-hydrogen) atoms. The molecule has 0 aliphatic carbocycles. The van der Waals surface area contributed by atoms with Gasteiger partial charge in [-0.1, -0.05) is 41.9 Å². The minimum absolute atomic E-state index is 0.499. The predicted molar refractivity (Wildman–Crippen MR) is 87.1 cm³/mol. The van der Waals surface area contributed by atoms with Crippen molar-refractivity contribution in [2.45, 2.75) is 0 Å². The fourth-order valence-electron chi connectivity index (χ4n) is 2.10. The van der Waals surface area contributed by atoms with Gasteiger partial charge < -0.3 is 0 Å².